The number of hydrogen-bond acceptors (Lipinski definition) is 3. The smallest absolute Gasteiger partial charge is 0.157 e. The van der Waals surface area contributed by atoms with Gasteiger partial charge in [-0.3, -0.25) is 0 Å². The minimum Gasteiger partial charge on any atom is -0.370 e. The molecule has 0 unspecified atom stereocenters. The van der Waals surface area contributed by atoms with Crippen molar-refractivity contribution < 1.29 is 0 Å². The maximum Gasteiger partial charge on any atom is 0.157 e. The Kier molecular flexibility index (Phi) is 2.35. The number of fused-ring (bicyclic) bond motifs is 1. The normalized spacial score (nSPS) is 11.1. The van der Waals surface area contributed by atoms with Crippen LogP contribution in [0.25, 0.3) is 5.65 Å². The molecule has 0 amide bonds. The van der Waals surface area contributed by atoms with Crippen molar-refractivity contribution in [3.63, 3.8) is 0 Å². The van der Waals surface area contributed by atoms with Crippen LogP contribution < -0.4 is 5.32 Å². The van der Waals surface area contributed by atoms with E-state index in [9.17, 15) is 0 Å². The van der Waals surface area contributed by atoms with Crippen molar-refractivity contribution in [2.24, 2.45) is 5.92 Å². The van der Waals surface area contributed by atoms with Gasteiger partial charge in [-0.05, 0) is 12.0 Å². The van der Waals surface area contributed by atoms with Gasteiger partial charge >= 0.3 is 0 Å². The lowest BCUT2D eigenvalue weighted by Crippen LogP contribution is -2.09. The molecule has 2 aromatic rings. The van der Waals surface area contributed by atoms with E-state index in [0.717, 1.165) is 18.0 Å². The van der Waals surface area contributed by atoms with Crippen molar-refractivity contribution in [1.29, 1.82) is 0 Å². The summed E-state index contributed by atoms with van der Waals surface area (Å²) in [4.78, 5) is 4.40. The first-order chi connectivity index (χ1) is 6.75. The Bertz CT molecular complexity index is 419. The summed E-state index contributed by atoms with van der Waals surface area (Å²) >= 11 is 0. The van der Waals surface area contributed by atoms with E-state index in [1.807, 2.05) is 18.3 Å². The average Bonchev–Trinajstić information content (AvgIpc) is 2.61. The lowest BCUT2D eigenvalue weighted by Gasteiger charge is -2.07. The highest BCUT2D eigenvalue weighted by molar-refractivity contribution is 5.45. The van der Waals surface area contributed by atoms with E-state index in [4.69, 9.17) is 0 Å². The largest absolute Gasteiger partial charge is 0.370 e. The molecule has 2 aromatic heterocycles. The summed E-state index contributed by atoms with van der Waals surface area (Å²) in [7, 11) is 0. The molecule has 0 spiro atoms. The lowest BCUT2D eigenvalue weighted by molar-refractivity contribution is 0.687. The molecule has 2 rings (SSSR count). The molecule has 0 aliphatic heterocycles. The Balaban J connectivity index is 2.17. The Hall–Kier alpha value is -1.58. The van der Waals surface area contributed by atoms with Crippen molar-refractivity contribution in [3.8, 4) is 0 Å². The van der Waals surface area contributed by atoms with Crippen LogP contribution in [0, 0.1) is 5.92 Å². The first-order valence-corrected chi connectivity index (χ1v) is 4.80. The van der Waals surface area contributed by atoms with E-state index in [1.54, 1.807) is 10.7 Å². The van der Waals surface area contributed by atoms with Gasteiger partial charge in [0.05, 0.1) is 6.20 Å². The quantitative estimate of drug-likeness (QED) is 0.802. The molecular weight excluding hydrogens is 176 g/mol. The van der Waals surface area contributed by atoms with Crippen LogP contribution in [0.4, 0.5) is 5.82 Å². The van der Waals surface area contributed by atoms with Gasteiger partial charge in [-0.15, -0.1) is 0 Å². The molecule has 0 aliphatic rings. The molecule has 0 bridgehead atoms. The predicted molar refractivity (Wildman–Crippen MR) is 56.3 cm³/mol. The molecule has 0 aromatic carbocycles. The second kappa shape index (κ2) is 3.65. The third-order valence-electron chi connectivity index (χ3n) is 1.95. The van der Waals surface area contributed by atoms with Crippen LogP contribution in [0.3, 0.4) is 0 Å². The molecular formula is C10H14N4. The third kappa shape index (κ3) is 1.84. The van der Waals surface area contributed by atoms with Gasteiger partial charge in [-0.2, -0.15) is 5.10 Å². The highest BCUT2D eigenvalue weighted by Gasteiger charge is 1.98. The molecule has 2 heterocycles. The molecule has 0 atom stereocenters. The van der Waals surface area contributed by atoms with Crippen LogP contribution in [-0.4, -0.2) is 21.1 Å². The van der Waals surface area contributed by atoms with Crippen molar-refractivity contribution in [1.82, 2.24) is 14.6 Å². The van der Waals surface area contributed by atoms with Crippen LogP contribution in [-0.2, 0) is 0 Å². The fourth-order valence-corrected chi connectivity index (χ4v) is 1.22. The Morgan fingerprint density at radius 1 is 1.43 bits per heavy atom. The molecule has 4 nitrogen and oxygen atoms in total. The van der Waals surface area contributed by atoms with Crippen molar-refractivity contribution in [2.75, 3.05) is 11.9 Å². The first kappa shape index (κ1) is 8.99. The number of nitrogens with one attached hydrogen (secondary N) is 1. The second-order valence-corrected chi connectivity index (χ2v) is 3.72. The number of hydrogen-bond donors (Lipinski definition) is 1. The maximum atomic E-state index is 4.40. The van der Waals surface area contributed by atoms with E-state index in [1.165, 1.54) is 0 Å². The Morgan fingerprint density at radius 2 is 2.29 bits per heavy atom. The summed E-state index contributed by atoms with van der Waals surface area (Å²) in [5.74, 6) is 1.53. The zero-order valence-corrected chi connectivity index (χ0v) is 8.44. The lowest BCUT2D eigenvalue weighted by atomic mass is 10.2. The zero-order valence-electron chi connectivity index (χ0n) is 8.44. The molecule has 0 radical (unpaired) electrons. The minimum atomic E-state index is 0.623. The topological polar surface area (TPSA) is 42.2 Å². The highest BCUT2D eigenvalue weighted by Crippen LogP contribution is 2.06. The van der Waals surface area contributed by atoms with Gasteiger partial charge in [0.1, 0.15) is 5.82 Å². The van der Waals surface area contributed by atoms with E-state index in [-0.39, 0.29) is 0 Å². The summed E-state index contributed by atoms with van der Waals surface area (Å²) in [5.41, 5.74) is 0.874. The molecule has 4 heteroatoms. The number of aromatic nitrogens is 3. The van der Waals surface area contributed by atoms with Crippen LogP contribution in [0.2, 0.25) is 0 Å². The summed E-state index contributed by atoms with van der Waals surface area (Å²) in [6.45, 7) is 5.28. The third-order valence-corrected chi connectivity index (χ3v) is 1.95. The van der Waals surface area contributed by atoms with Gasteiger partial charge in [-0.25, -0.2) is 9.50 Å². The Morgan fingerprint density at radius 3 is 3.07 bits per heavy atom. The molecule has 14 heavy (non-hydrogen) atoms. The number of rotatable bonds is 3. The minimum absolute atomic E-state index is 0.623. The zero-order chi connectivity index (χ0) is 9.97. The number of anilines is 1. The van der Waals surface area contributed by atoms with E-state index in [2.05, 4.69) is 29.2 Å². The number of nitrogens with zero attached hydrogens (tertiary/aromatic N) is 3. The maximum absolute atomic E-state index is 4.40. The van der Waals surface area contributed by atoms with Crippen LogP contribution in [0.15, 0.2) is 24.5 Å². The molecule has 0 saturated heterocycles. The average molecular weight is 190 g/mol. The van der Waals surface area contributed by atoms with Crippen molar-refractivity contribution >= 4 is 11.5 Å². The standard InChI is InChI=1S/C10H14N4/c1-8(2)7-11-9-4-6-14-10(13-9)3-5-12-14/h3-6,8H,7H2,1-2H3,(H,11,13). The van der Waals surface area contributed by atoms with Gasteiger partial charge in [0, 0.05) is 18.8 Å². The fraction of sp³-hybridized carbons (Fsp3) is 0.400. The molecule has 0 fully saturated rings. The van der Waals surface area contributed by atoms with Crippen molar-refractivity contribution in [2.45, 2.75) is 13.8 Å². The van der Waals surface area contributed by atoms with Gasteiger partial charge in [0.2, 0.25) is 0 Å². The molecule has 0 saturated carbocycles. The Labute approximate surface area is 83.0 Å². The van der Waals surface area contributed by atoms with Gasteiger partial charge < -0.3 is 5.32 Å². The van der Waals surface area contributed by atoms with E-state index in [0.29, 0.717) is 5.92 Å². The van der Waals surface area contributed by atoms with Crippen LogP contribution in [0.1, 0.15) is 13.8 Å². The summed E-state index contributed by atoms with van der Waals surface area (Å²) in [5, 5.41) is 7.36. The molecule has 1 N–H and O–H groups in total. The summed E-state index contributed by atoms with van der Waals surface area (Å²) < 4.78 is 1.75. The van der Waals surface area contributed by atoms with Crippen LogP contribution >= 0.6 is 0 Å². The summed E-state index contributed by atoms with van der Waals surface area (Å²) in [6.07, 6.45) is 3.65. The van der Waals surface area contributed by atoms with Gasteiger partial charge in [0.15, 0.2) is 5.65 Å². The van der Waals surface area contributed by atoms with E-state index >= 15 is 0 Å². The fourth-order valence-electron chi connectivity index (χ4n) is 1.22. The van der Waals surface area contributed by atoms with E-state index < -0.39 is 0 Å². The SMILES string of the molecule is CC(C)CNc1ccn2nccc2n1. The van der Waals surface area contributed by atoms with Crippen LogP contribution in [0.5, 0.6) is 0 Å². The predicted octanol–water partition coefficient (Wildman–Crippen LogP) is 1.80. The summed E-state index contributed by atoms with van der Waals surface area (Å²) in [6, 6.07) is 3.82. The second-order valence-electron chi connectivity index (χ2n) is 3.72. The highest BCUT2D eigenvalue weighted by atomic mass is 15.2. The van der Waals surface area contributed by atoms with Gasteiger partial charge in [0.25, 0.3) is 0 Å². The molecule has 0 aliphatic carbocycles. The first-order valence-electron chi connectivity index (χ1n) is 4.80. The van der Waals surface area contributed by atoms with Gasteiger partial charge in [-0.1, -0.05) is 13.8 Å². The van der Waals surface area contributed by atoms with Crippen molar-refractivity contribution in [3.05, 3.63) is 24.5 Å². The monoisotopic (exact) mass is 190 g/mol. The molecule has 74 valence electrons.